The largest absolute Gasteiger partial charge is 0.345 e. The van der Waals surface area contributed by atoms with Gasteiger partial charge in [0.25, 0.3) is 11.6 Å². The molecule has 0 saturated carbocycles. The summed E-state index contributed by atoms with van der Waals surface area (Å²) in [4.78, 5) is 29.1. The lowest BCUT2D eigenvalue weighted by Gasteiger charge is -2.04. The molecule has 24 heavy (non-hydrogen) atoms. The van der Waals surface area contributed by atoms with Crippen LogP contribution in [0.5, 0.6) is 0 Å². The van der Waals surface area contributed by atoms with E-state index in [1.165, 1.54) is 18.2 Å². The summed E-state index contributed by atoms with van der Waals surface area (Å²) in [5.74, 6) is -1.62. The van der Waals surface area contributed by atoms with E-state index in [2.05, 4.69) is 15.3 Å². The molecular formula is C15H10F2N4O3. The number of nitrogens with one attached hydrogen (secondary N) is 2. The Bertz CT molecular complexity index is 955. The molecule has 0 radical (unpaired) electrons. The summed E-state index contributed by atoms with van der Waals surface area (Å²) in [5.41, 5.74) is 0.100. The van der Waals surface area contributed by atoms with Gasteiger partial charge in [0.15, 0.2) is 0 Å². The molecule has 9 heteroatoms. The molecule has 0 unspecified atom stereocenters. The lowest BCUT2D eigenvalue weighted by Crippen LogP contribution is -2.24. The van der Waals surface area contributed by atoms with E-state index in [9.17, 15) is 23.7 Å². The van der Waals surface area contributed by atoms with Gasteiger partial charge in [0.1, 0.15) is 23.0 Å². The molecule has 3 aromatic rings. The van der Waals surface area contributed by atoms with E-state index >= 15 is 0 Å². The highest BCUT2D eigenvalue weighted by atomic mass is 19.1. The van der Waals surface area contributed by atoms with Crippen LogP contribution in [-0.4, -0.2) is 20.8 Å². The minimum atomic E-state index is -0.831. The molecule has 0 fully saturated rings. The molecule has 0 aliphatic rings. The highest BCUT2D eigenvalue weighted by Crippen LogP contribution is 2.20. The molecule has 0 bridgehead atoms. The van der Waals surface area contributed by atoms with Crippen LogP contribution >= 0.6 is 0 Å². The third-order valence-corrected chi connectivity index (χ3v) is 3.31. The minimum Gasteiger partial charge on any atom is -0.345 e. The topological polar surface area (TPSA) is 101 Å². The van der Waals surface area contributed by atoms with Crippen LogP contribution in [0.3, 0.4) is 0 Å². The average Bonchev–Trinajstić information content (AvgIpc) is 2.94. The first-order chi connectivity index (χ1) is 11.4. The highest BCUT2D eigenvalue weighted by Gasteiger charge is 2.21. The summed E-state index contributed by atoms with van der Waals surface area (Å²) in [7, 11) is 0. The molecule has 1 amide bonds. The highest BCUT2D eigenvalue weighted by molar-refractivity contribution is 5.98. The molecule has 122 valence electrons. The van der Waals surface area contributed by atoms with Crippen LogP contribution in [-0.2, 0) is 6.54 Å². The van der Waals surface area contributed by atoms with Gasteiger partial charge in [-0.3, -0.25) is 14.9 Å². The van der Waals surface area contributed by atoms with Crippen molar-refractivity contribution in [3.05, 3.63) is 69.5 Å². The van der Waals surface area contributed by atoms with Crippen molar-refractivity contribution in [2.45, 2.75) is 6.54 Å². The number of amides is 1. The molecule has 0 aliphatic carbocycles. The van der Waals surface area contributed by atoms with E-state index in [0.29, 0.717) is 22.9 Å². The number of benzene rings is 2. The van der Waals surface area contributed by atoms with E-state index < -0.39 is 28.2 Å². The molecule has 0 spiro atoms. The SMILES string of the molecule is O=C(NCc1nc2ccc(F)cc2[nH]1)c1ccc(F)cc1[N+](=O)[O-]. The number of aromatic nitrogens is 2. The van der Waals surface area contributed by atoms with Crippen molar-refractivity contribution in [2.24, 2.45) is 0 Å². The number of fused-ring (bicyclic) bond motifs is 1. The second kappa shape index (κ2) is 6.03. The Kier molecular flexibility index (Phi) is 3.90. The number of nitrogens with zero attached hydrogens (tertiary/aromatic N) is 2. The molecule has 0 aliphatic heterocycles. The summed E-state index contributed by atoms with van der Waals surface area (Å²) in [6.45, 7) is -0.0519. The number of carbonyl (C=O) groups excluding carboxylic acids is 1. The number of aromatic amines is 1. The van der Waals surface area contributed by atoms with E-state index in [0.717, 1.165) is 12.1 Å². The van der Waals surface area contributed by atoms with Crippen LogP contribution in [0.4, 0.5) is 14.5 Å². The normalized spacial score (nSPS) is 10.8. The molecule has 7 nitrogen and oxygen atoms in total. The minimum absolute atomic E-state index is 0.0519. The van der Waals surface area contributed by atoms with Crippen molar-refractivity contribution in [1.82, 2.24) is 15.3 Å². The zero-order valence-corrected chi connectivity index (χ0v) is 12.0. The van der Waals surface area contributed by atoms with Gasteiger partial charge in [-0.05, 0) is 30.3 Å². The smallest absolute Gasteiger partial charge is 0.285 e. The first-order valence-corrected chi connectivity index (χ1v) is 6.80. The first kappa shape index (κ1) is 15.5. The summed E-state index contributed by atoms with van der Waals surface area (Å²) >= 11 is 0. The second-order valence-corrected chi connectivity index (χ2v) is 4.95. The first-order valence-electron chi connectivity index (χ1n) is 6.80. The number of H-pyrrole nitrogens is 1. The van der Waals surface area contributed by atoms with E-state index in [-0.39, 0.29) is 12.1 Å². The monoisotopic (exact) mass is 332 g/mol. The maximum absolute atomic E-state index is 13.1. The van der Waals surface area contributed by atoms with Gasteiger partial charge < -0.3 is 10.3 Å². The molecule has 0 saturated heterocycles. The third kappa shape index (κ3) is 3.05. The number of hydrogen-bond acceptors (Lipinski definition) is 4. The number of nitro benzene ring substituents is 1. The van der Waals surface area contributed by atoms with E-state index in [4.69, 9.17) is 0 Å². The fourth-order valence-corrected chi connectivity index (χ4v) is 2.23. The lowest BCUT2D eigenvalue weighted by atomic mass is 10.1. The number of hydrogen-bond donors (Lipinski definition) is 2. The third-order valence-electron chi connectivity index (χ3n) is 3.31. The van der Waals surface area contributed by atoms with Gasteiger partial charge in [-0.25, -0.2) is 13.8 Å². The zero-order valence-electron chi connectivity index (χ0n) is 12.0. The fourth-order valence-electron chi connectivity index (χ4n) is 2.23. The maximum Gasteiger partial charge on any atom is 0.285 e. The van der Waals surface area contributed by atoms with Gasteiger partial charge in [-0.15, -0.1) is 0 Å². The van der Waals surface area contributed by atoms with Crippen molar-refractivity contribution in [2.75, 3.05) is 0 Å². The van der Waals surface area contributed by atoms with Gasteiger partial charge in [-0.1, -0.05) is 0 Å². The number of nitro groups is 1. The van der Waals surface area contributed by atoms with Gasteiger partial charge in [0, 0.05) is 0 Å². The van der Waals surface area contributed by atoms with Crippen molar-refractivity contribution < 1.29 is 18.5 Å². The Labute approximate surface area is 133 Å². The maximum atomic E-state index is 13.1. The van der Waals surface area contributed by atoms with Crippen LogP contribution in [0.2, 0.25) is 0 Å². The standard InChI is InChI=1S/C15H10F2N4O3/c16-8-2-4-11-12(5-8)20-14(19-11)7-18-15(22)10-3-1-9(17)6-13(10)21(23)24/h1-6H,7H2,(H,18,22)(H,19,20). The number of carbonyl (C=O) groups is 1. The molecule has 1 aromatic heterocycles. The number of halogens is 2. The predicted molar refractivity (Wildman–Crippen MR) is 80.3 cm³/mol. The Balaban J connectivity index is 1.78. The van der Waals surface area contributed by atoms with Gasteiger partial charge in [0.2, 0.25) is 0 Å². The van der Waals surface area contributed by atoms with E-state index in [1.807, 2.05) is 0 Å². The average molecular weight is 332 g/mol. The van der Waals surface area contributed by atoms with Crippen LogP contribution in [0.1, 0.15) is 16.2 Å². The van der Waals surface area contributed by atoms with Crippen LogP contribution in [0.25, 0.3) is 11.0 Å². The number of rotatable bonds is 4. The van der Waals surface area contributed by atoms with Crippen molar-refractivity contribution >= 4 is 22.6 Å². The van der Waals surface area contributed by atoms with Gasteiger partial charge >= 0.3 is 0 Å². The van der Waals surface area contributed by atoms with Gasteiger partial charge in [0.05, 0.1) is 28.6 Å². The second-order valence-electron chi connectivity index (χ2n) is 4.95. The number of imidazole rings is 1. The quantitative estimate of drug-likeness (QED) is 0.566. The molecule has 2 aromatic carbocycles. The van der Waals surface area contributed by atoms with Crippen LogP contribution in [0.15, 0.2) is 36.4 Å². The molecular weight excluding hydrogens is 322 g/mol. The van der Waals surface area contributed by atoms with Crippen molar-refractivity contribution in [3.8, 4) is 0 Å². The fraction of sp³-hybridized carbons (Fsp3) is 0.0667. The molecule has 3 rings (SSSR count). The summed E-state index contributed by atoms with van der Waals surface area (Å²) < 4.78 is 26.2. The van der Waals surface area contributed by atoms with Crippen molar-refractivity contribution in [3.63, 3.8) is 0 Å². The Morgan fingerprint density at radius 2 is 1.92 bits per heavy atom. The Morgan fingerprint density at radius 1 is 1.21 bits per heavy atom. The molecule has 2 N–H and O–H groups in total. The Morgan fingerprint density at radius 3 is 2.67 bits per heavy atom. The van der Waals surface area contributed by atoms with Crippen molar-refractivity contribution in [1.29, 1.82) is 0 Å². The predicted octanol–water partition coefficient (Wildman–Crippen LogP) is 2.68. The summed E-state index contributed by atoms with van der Waals surface area (Å²) in [5, 5.41) is 13.4. The van der Waals surface area contributed by atoms with Crippen LogP contribution < -0.4 is 5.32 Å². The lowest BCUT2D eigenvalue weighted by molar-refractivity contribution is -0.385. The summed E-state index contributed by atoms with van der Waals surface area (Å²) in [6, 6.07) is 6.69. The zero-order chi connectivity index (χ0) is 17.3. The van der Waals surface area contributed by atoms with Crippen LogP contribution in [0, 0.1) is 21.7 Å². The van der Waals surface area contributed by atoms with E-state index in [1.54, 1.807) is 0 Å². The summed E-state index contributed by atoms with van der Waals surface area (Å²) in [6.07, 6.45) is 0. The molecule has 0 atom stereocenters. The van der Waals surface area contributed by atoms with Gasteiger partial charge in [-0.2, -0.15) is 0 Å². The molecule has 1 heterocycles. The Hall–Kier alpha value is -3.36.